The van der Waals surface area contributed by atoms with Gasteiger partial charge in [-0.2, -0.15) is 0 Å². The summed E-state index contributed by atoms with van der Waals surface area (Å²) in [6.07, 6.45) is 0. The van der Waals surface area contributed by atoms with E-state index in [1.165, 1.54) is 7.11 Å². The van der Waals surface area contributed by atoms with Gasteiger partial charge in [0.15, 0.2) is 28.1 Å². The third-order valence-electron chi connectivity index (χ3n) is 6.45. The van der Waals surface area contributed by atoms with Crippen LogP contribution in [0, 0.1) is 0 Å². The molecule has 0 spiro atoms. The highest BCUT2D eigenvalue weighted by Gasteiger charge is 2.21. The van der Waals surface area contributed by atoms with Gasteiger partial charge in [-0.3, -0.25) is 4.79 Å². The SMILES string of the molecule is COC(=O)c1ccccc1NC(=S)N(Cc1ccc2c(c1)OCO2)Cc1cc2cc3c(cc2[nH]c1=O)OCO3. The van der Waals surface area contributed by atoms with Crippen molar-refractivity contribution in [3.63, 3.8) is 0 Å². The minimum absolute atomic E-state index is 0.138. The summed E-state index contributed by atoms with van der Waals surface area (Å²) in [4.78, 5) is 30.2. The second-order valence-corrected chi connectivity index (χ2v) is 9.31. The highest BCUT2D eigenvalue weighted by Crippen LogP contribution is 2.36. The Bertz CT molecular complexity index is 1670. The number of carbonyl (C=O) groups is 1. The maximum Gasteiger partial charge on any atom is 0.339 e. The Hall–Kier alpha value is -4.77. The molecule has 2 aliphatic heterocycles. The topological polar surface area (TPSA) is 111 Å². The van der Waals surface area contributed by atoms with E-state index >= 15 is 0 Å². The van der Waals surface area contributed by atoms with Gasteiger partial charge in [-0.05, 0) is 54.2 Å². The Morgan fingerprint density at radius 1 is 0.949 bits per heavy atom. The summed E-state index contributed by atoms with van der Waals surface area (Å²) in [6.45, 7) is 0.832. The van der Waals surface area contributed by atoms with Gasteiger partial charge in [0.25, 0.3) is 5.56 Å². The van der Waals surface area contributed by atoms with Gasteiger partial charge in [-0.25, -0.2) is 4.79 Å². The number of aromatic amines is 1. The summed E-state index contributed by atoms with van der Waals surface area (Å²) in [5.74, 6) is 2.02. The smallest absolute Gasteiger partial charge is 0.339 e. The number of pyridine rings is 1. The Morgan fingerprint density at radius 2 is 1.67 bits per heavy atom. The Morgan fingerprint density at radius 3 is 2.46 bits per heavy atom. The van der Waals surface area contributed by atoms with Crippen LogP contribution in [0.4, 0.5) is 5.69 Å². The Balaban J connectivity index is 1.34. The van der Waals surface area contributed by atoms with Crippen LogP contribution in [-0.4, -0.2) is 41.7 Å². The molecule has 0 amide bonds. The Labute approximate surface area is 228 Å². The molecule has 1 aromatic heterocycles. The minimum Gasteiger partial charge on any atom is -0.465 e. The van der Waals surface area contributed by atoms with Crippen molar-refractivity contribution in [3.05, 3.63) is 87.7 Å². The molecule has 3 aromatic carbocycles. The summed E-state index contributed by atoms with van der Waals surface area (Å²) in [5, 5.41) is 4.27. The van der Waals surface area contributed by atoms with E-state index in [-0.39, 0.29) is 25.7 Å². The van der Waals surface area contributed by atoms with Crippen LogP contribution in [-0.2, 0) is 17.8 Å². The molecule has 0 saturated carbocycles. The van der Waals surface area contributed by atoms with E-state index in [9.17, 15) is 9.59 Å². The second-order valence-electron chi connectivity index (χ2n) is 8.93. The molecule has 198 valence electrons. The zero-order valence-electron chi connectivity index (χ0n) is 20.8. The van der Waals surface area contributed by atoms with Crippen LogP contribution in [0.1, 0.15) is 21.5 Å². The van der Waals surface area contributed by atoms with Crippen molar-refractivity contribution in [2.24, 2.45) is 0 Å². The average Bonchev–Trinajstić information content (AvgIpc) is 3.60. The van der Waals surface area contributed by atoms with Gasteiger partial charge >= 0.3 is 5.97 Å². The molecule has 0 bridgehead atoms. The third kappa shape index (κ3) is 4.91. The number of hydrogen-bond donors (Lipinski definition) is 2. The van der Waals surface area contributed by atoms with E-state index in [2.05, 4.69) is 10.3 Å². The molecule has 2 N–H and O–H groups in total. The van der Waals surface area contributed by atoms with Gasteiger partial charge in [0.2, 0.25) is 13.6 Å². The molecule has 11 heteroatoms. The van der Waals surface area contributed by atoms with Crippen molar-refractivity contribution in [3.8, 4) is 23.0 Å². The number of nitrogens with zero attached hydrogens (tertiary/aromatic N) is 1. The summed E-state index contributed by atoms with van der Waals surface area (Å²) in [5.41, 5.74) is 2.60. The summed E-state index contributed by atoms with van der Waals surface area (Å²) < 4.78 is 26.8. The molecule has 0 aliphatic carbocycles. The van der Waals surface area contributed by atoms with Gasteiger partial charge in [-0.1, -0.05) is 18.2 Å². The van der Waals surface area contributed by atoms with Crippen LogP contribution >= 0.6 is 12.2 Å². The van der Waals surface area contributed by atoms with Gasteiger partial charge in [0.1, 0.15) is 0 Å². The van der Waals surface area contributed by atoms with E-state index < -0.39 is 5.97 Å². The number of para-hydroxylation sites is 1. The minimum atomic E-state index is -0.493. The third-order valence-corrected chi connectivity index (χ3v) is 6.81. The molecule has 0 atom stereocenters. The lowest BCUT2D eigenvalue weighted by atomic mass is 10.1. The van der Waals surface area contributed by atoms with E-state index in [1.54, 1.807) is 30.3 Å². The summed E-state index contributed by atoms with van der Waals surface area (Å²) >= 11 is 5.80. The fraction of sp³-hybridized carbons (Fsp3) is 0.179. The molecule has 0 radical (unpaired) electrons. The van der Waals surface area contributed by atoms with Crippen LogP contribution in [0.25, 0.3) is 10.9 Å². The van der Waals surface area contributed by atoms with Crippen LogP contribution in [0.5, 0.6) is 23.0 Å². The highest BCUT2D eigenvalue weighted by atomic mass is 32.1. The molecule has 0 saturated heterocycles. The number of anilines is 1. The number of carbonyl (C=O) groups excluding carboxylic acids is 1. The first-order chi connectivity index (χ1) is 19.0. The average molecular weight is 546 g/mol. The Kier molecular flexibility index (Phi) is 6.41. The quantitative estimate of drug-likeness (QED) is 0.271. The standard InChI is InChI=1S/C28H23N3O7S/c1-34-27(33)19-4-2-3-5-20(19)30-28(39)31(12-16-6-7-22-23(8-16)36-14-35-22)13-18-9-17-10-24-25(38-15-37-24)11-21(17)29-26(18)32/h2-11H,12-15H2,1H3,(H,29,32)(H,30,39). The van der Waals surface area contributed by atoms with Crippen molar-refractivity contribution in [1.29, 1.82) is 0 Å². The number of aromatic nitrogens is 1. The summed E-state index contributed by atoms with van der Waals surface area (Å²) in [7, 11) is 1.32. The van der Waals surface area contributed by atoms with Crippen LogP contribution in [0.15, 0.2) is 65.5 Å². The number of ether oxygens (including phenoxy) is 5. The van der Waals surface area contributed by atoms with Crippen LogP contribution < -0.4 is 29.8 Å². The van der Waals surface area contributed by atoms with E-state index in [4.69, 9.17) is 35.9 Å². The van der Waals surface area contributed by atoms with Gasteiger partial charge in [0.05, 0.1) is 30.4 Å². The maximum atomic E-state index is 13.1. The lowest BCUT2D eigenvalue weighted by Gasteiger charge is -2.26. The fourth-order valence-electron chi connectivity index (χ4n) is 4.50. The first-order valence-corrected chi connectivity index (χ1v) is 12.5. The van der Waals surface area contributed by atoms with Crippen molar-refractivity contribution in [2.45, 2.75) is 13.1 Å². The monoisotopic (exact) mass is 545 g/mol. The number of fused-ring (bicyclic) bond motifs is 3. The predicted octanol–water partition coefficient (Wildman–Crippen LogP) is 4.17. The lowest BCUT2D eigenvalue weighted by molar-refractivity contribution is 0.0602. The first kappa shape index (κ1) is 24.6. The van der Waals surface area contributed by atoms with Crippen molar-refractivity contribution in [2.75, 3.05) is 26.0 Å². The molecular formula is C28H23N3O7S. The number of esters is 1. The summed E-state index contributed by atoms with van der Waals surface area (Å²) in [6, 6.07) is 18.0. The van der Waals surface area contributed by atoms with Crippen LogP contribution in [0.2, 0.25) is 0 Å². The zero-order chi connectivity index (χ0) is 26.9. The van der Waals surface area contributed by atoms with Crippen molar-refractivity contribution in [1.82, 2.24) is 9.88 Å². The van der Waals surface area contributed by atoms with E-state index in [1.807, 2.05) is 35.2 Å². The fourth-order valence-corrected chi connectivity index (χ4v) is 4.74. The molecule has 2 aliphatic rings. The molecule has 0 fully saturated rings. The zero-order valence-corrected chi connectivity index (χ0v) is 21.6. The van der Waals surface area contributed by atoms with Crippen molar-refractivity contribution < 1.29 is 28.5 Å². The van der Waals surface area contributed by atoms with Gasteiger partial charge in [-0.15, -0.1) is 0 Å². The van der Waals surface area contributed by atoms with Crippen LogP contribution in [0.3, 0.4) is 0 Å². The first-order valence-electron chi connectivity index (χ1n) is 12.1. The van der Waals surface area contributed by atoms with E-state index in [0.717, 1.165) is 10.9 Å². The second kappa shape index (κ2) is 10.2. The molecule has 39 heavy (non-hydrogen) atoms. The molecule has 10 nitrogen and oxygen atoms in total. The number of nitrogens with one attached hydrogen (secondary N) is 2. The van der Waals surface area contributed by atoms with Crippen molar-refractivity contribution >= 4 is 39.9 Å². The number of rotatable bonds is 6. The number of benzene rings is 3. The number of hydrogen-bond acceptors (Lipinski definition) is 8. The predicted molar refractivity (Wildman–Crippen MR) is 147 cm³/mol. The molecule has 3 heterocycles. The van der Waals surface area contributed by atoms with E-state index in [0.29, 0.717) is 57.0 Å². The number of thiocarbonyl (C=S) groups is 1. The lowest BCUT2D eigenvalue weighted by Crippen LogP contribution is -2.36. The molecule has 6 rings (SSSR count). The largest absolute Gasteiger partial charge is 0.465 e. The maximum absolute atomic E-state index is 13.1. The van der Waals surface area contributed by atoms with Gasteiger partial charge < -0.3 is 38.9 Å². The number of methoxy groups -OCH3 is 1. The molecule has 4 aromatic rings. The highest BCUT2D eigenvalue weighted by molar-refractivity contribution is 7.80. The molecular weight excluding hydrogens is 522 g/mol. The normalized spacial score (nSPS) is 12.8. The van der Waals surface area contributed by atoms with Gasteiger partial charge in [0, 0.05) is 23.6 Å². The number of H-pyrrole nitrogens is 1. The molecule has 0 unspecified atom stereocenters.